The quantitative estimate of drug-likeness (QED) is 0.495. The van der Waals surface area contributed by atoms with Crippen molar-refractivity contribution < 1.29 is 22.6 Å². The molecule has 0 amide bonds. The number of para-hydroxylation sites is 1. The van der Waals surface area contributed by atoms with Crippen molar-refractivity contribution in [3.8, 4) is 17.4 Å². The molecule has 11 heteroatoms. The van der Waals surface area contributed by atoms with E-state index < -0.39 is 11.7 Å². The summed E-state index contributed by atoms with van der Waals surface area (Å²) in [6.07, 6.45) is -2.91. The number of hydrogen-bond donors (Lipinski definition) is 1. The van der Waals surface area contributed by atoms with E-state index in [1.54, 1.807) is 4.68 Å². The van der Waals surface area contributed by atoms with Crippen molar-refractivity contribution in [1.29, 1.82) is 0 Å². The van der Waals surface area contributed by atoms with Crippen molar-refractivity contribution >= 4 is 0 Å². The molecule has 0 atom stereocenters. The summed E-state index contributed by atoms with van der Waals surface area (Å²) < 4.78 is 50.6. The Bertz CT molecular complexity index is 1110. The lowest BCUT2D eigenvalue weighted by molar-refractivity contribution is -0.137. The van der Waals surface area contributed by atoms with Crippen LogP contribution in [0.1, 0.15) is 17.2 Å². The fraction of sp³-hybridized carbons (Fsp3) is 0.158. The van der Waals surface area contributed by atoms with E-state index in [-0.39, 0.29) is 30.8 Å². The number of hydrogen-bond acceptors (Lipinski definition) is 6. The van der Waals surface area contributed by atoms with Crippen LogP contribution in [-0.2, 0) is 19.4 Å². The van der Waals surface area contributed by atoms with Crippen molar-refractivity contribution in [3.05, 3.63) is 78.1 Å². The van der Waals surface area contributed by atoms with Crippen LogP contribution in [0, 0.1) is 0 Å². The van der Waals surface area contributed by atoms with E-state index in [4.69, 9.17) is 9.47 Å². The molecule has 0 aliphatic heterocycles. The van der Waals surface area contributed by atoms with Gasteiger partial charge < -0.3 is 9.47 Å². The Balaban J connectivity index is 1.31. The van der Waals surface area contributed by atoms with Crippen molar-refractivity contribution in [2.24, 2.45) is 0 Å². The first-order valence-electron chi connectivity index (χ1n) is 8.77. The highest BCUT2D eigenvalue weighted by molar-refractivity contribution is 5.30. The Hall–Kier alpha value is -3.89. The maximum absolute atomic E-state index is 12.7. The van der Waals surface area contributed by atoms with Gasteiger partial charge in [-0.05, 0) is 30.3 Å². The molecule has 4 rings (SSSR count). The molecule has 0 unspecified atom stereocenters. The molecular weight excluding hydrogens is 401 g/mol. The van der Waals surface area contributed by atoms with Gasteiger partial charge in [0.25, 0.3) is 0 Å². The van der Waals surface area contributed by atoms with Crippen LogP contribution < -0.4 is 9.47 Å². The molecule has 0 saturated heterocycles. The van der Waals surface area contributed by atoms with Gasteiger partial charge in [0.15, 0.2) is 18.3 Å². The Morgan fingerprint density at radius 1 is 0.967 bits per heavy atom. The number of nitrogens with zero attached hydrogens (tertiary/aromatic N) is 5. The summed E-state index contributed by atoms with van der Waals surface area (Å²) in [5.41, 5.74) is 0.0556. The first-order chi connectivity index (χ1) is 14.5. The van der Waals surface area contributed by atoms with Crippen LogP contribution in [0.15, 0.2) is 60.9 Å². The van der Waals surface area contributed by atoms with Gasteiger partial charge in [-0.25, -0.2) is 9.67 Å². The molecule has 0 aliphatic carbocycles. The minimum Gasteiger partial charge on any atom is -0.486 e. The van der Waals surface area contributed by atoms with E-state index in [0.717, 1.165) is 17.8 Å². The van der Waals surface area contributed by atoms with E-state index in [1.807, 2.05) is 30.3 Å². The maximum Gasteiger partial charge on any atom is 0.416 e. The molecule has 0 spiro atoms. The molecule has 2 aromatic heterocycles. The Morgan fingerprint density at radius 2 is 1.80 bits per heavy atom. The number of alkyl halides is 3. The molecule has 2 aromatic carbocycles. The summed E-state index contributed by atoms with van der Waals surface area (Å²) in [5.74, 6) is 0.741. The molecule has 8 nitrogen and oxygen atoms in total. The molecule has 0 bridgehead atoms. The lowest BCUT2D eigenvalue weighted by Crippen LogP contribution is -2.05. The van der Waals surface area contributed by atoms with Gasteiger partial charge in [0.2, 0.25) is 0 Å². The average Bonchev–Trinajstić information content (AvgIpc) is 3.40. The van der Waals surface area contributed by atoms with Gasteiger partial charge in [0.1, 0.15) is 18.7 Å². The van der Waals surface area contributed by atoms with Crippen LogP contribution in [-0.4, -0.2) is 29.9 Å². The predicted octanol–water partition coefficient (Wildman–Crippen LogP) is 3.56. The SMILES string of the molecule is FC(F)(F)c1cccc(OCc2n[nH]c(COc3ncn(-c4ccccc4)n3)n2)c1. The van der Waals surface area contributed by atoms with Crippen LogP contribution in [0.4, 0.5) is 13.2 Å². The molecule has 0 aliphatic rings. The fourth-order valence-electron chi connectivity index (χ4n) is 2.53. The Kier molecular flexibility index (Phi) is 5.33. The smallest absolute Gasteiger partial charge is 0.416 e. The third kappa shape index (κ3) is 4.74. The van der Waals surface area contributed by atoms with Crippen LogP contribution in [0.3, 0.4) is 0 Å². The molecule has 0 saturated carbocycles. The molecule has 0 radical (unpaired) electrons. The third-order valence-electron chi connectivity index (χ3n) is 3.94. The summed E-state index contributed by atoms with van der Waals surface area (Å²) in [4.78, 5) is 8.24. The minimum absolute atomic E-state index is 0.0371. The zero-order chi connectivity index (χ0) is 21.0. The summed E-state index contributed by atoms with van der Waals surface area (Å²) >= 11 is 0. The van der Waals surface area contributed by atoms with Gasteiger partial charge in [-0.15, -0.1) is 5.10 Å². The number of benzene rings is 2. The van der Waals surface area contributed by atoms with Crippen LogP contribution in [0.5, 0.6) is 11.8 Å². The van der Waals surface area contributed by atoms with Crippen LogP contribution >= 0.6 is 0 Å². The molecular formula is C19H15F3N6O2. The summed E-state index contributed by atoms with van der Waals surface area (Å²) in [7, 11) is 0. The number of halogens is 3. The number of aromatic nitrogens is 6. The molecule has 30 heavy (non-hydrogen) atoms. The lowest BCUT2D eigenvalue weighted by Gasteiger charge is -2.09. The van der Waals surface area contributed by atoms with E-state index >= 15 is 0 Å². The second-order valence-corrected chi connectivity index (χ2v) is 6.11. The van der Waals surface area contributed by atoms with E-state index in [1.165, 1.54) is 18.5 Å². The van der Waals surface area contributed by atoms with Gasteiger partial charge in [-0.3, -0.25) is 5.10 Å². The second-order valence-electron chi connectivity index (χ2n) is 6.11. The summed E-state index contributed by atoms with van der Waals surface area (Å²) in [5, 5.41) is 10.8. The highest BCUT2D eigenvalue weighted by Crippen LogP contribution is 2.31. The number of nitrogens with one attached hydrogen (secondary N) is 1. The molecule has 154 valence electrons. The van der Waals surface area contributed by atoms with Gasteiger partial charge in [0, 0.05) is 0 Å². The predicted molar refractivity (Wildman–Crippen MR) is 97.8 cm³/mol. The Morgan fingerprint density at radius 3 is 2.60 bits per heavy atom. The number of H-pyrrole nitrogens is 1. The molecule has 1 N–H and O–H groups in total. The summed E-state index contributed by atoms with van der Waals surface area (Å²) in [6, 6.07) is 14.2. The molecule has 2 heterocycles. The maximum atomic E-state index is 12.7. The van der Waals surface area contributed by atoms with Gasteiger partial charge in [-0.1, -0.05) is 24.3 Å². The first kappa shape index (κ1) is 19.4. The number of ether oxygens (including phenoxy) is 2. The van der Waals surface area contributed by atoms with Gasteiger partial charge in [-0.2, -0.15) is 23.3 Å². The van der Waals surface area contributed by atoms with Gasteiger partial charge in [0.05, 0.1) is 11.3 Å². The number of rotatable bonds is 7. The van der Waals surface area contributed by atoms with E-state index in [0.29, 0.717) is 5.82 Å². The monoisotopic (exact) mass is 416 g/mol. The first-order valence-corrected chi connectivity index (χ1v) is 8.77. The van der Waals surface area contributed by atoms with Crippen molar-refractivity contribution in [3.63, 3.8) is 0 Å². The zero-order valence-electron chi connectivity index (χ0n) is 15.4. The van der Waals surface area contributed by atoms with Gasteiger partial charge >= 0.3 is 12.2 Å². The zero-order valence-corrected chi connectivity index (χ0v) is 15.4. The lowest BCUT2D eigenvalue weighted by atomic mass is 10.2. The summed E-state index contributed by atoms with van der Waals surface area (Å²) in [6.45, 7) is -0.0615. The normalized spacial score (nSPS) is 11.4. The highest BCUT2D eigenvalue weighted by Gasteiger charge is 2.30. The topological polar surface area (TPSA) is 90.7 Å². The minimum atomic E-state index is -4.43. The van der Waals surface area contributed by atoms with Crippen LogP contribution in [0.25, 0.3) is 5.69 Å². The van der Waals surface area contributed by atoms with Crippen LogP contribution in [0.2, 0.25) is 0 Å². The Labute approximate surface area is 168 Å². The average molecular weight is 416 g/mol. The second kappa shape index (κ2) is 8.23. The fourth-order valence-corrected chi connectivity index (χ4v) is 2.53. The van der Waals surface area contributed by atoms with Crippen molar-refractivity contribution in [2.45, 2.75) is 19.4 Å². The number of aromatic amines is 1. The largest absolute Gasteiger partial charge is 0.486 e. The van der Waals surface area contributed by atoms with E-state index in [9.17, 15) is 13.2 Å². The molecule has 0 fully saturated rings. The van der Waals surface area contributed by atoms with Crippen molar-refractivity contribution in [2.75, 3.05) is 0 Å². The standard InChI is InChI=1S/C19H15F3N6O2/c20-19(21,22)13-5-4-8-15(9-13)29-10-16-24-17(26-25-16)11-30-18-23-12-28(27-18)14-6-2-1-3-7-14/h1-9,12H,10-11H2,(H,24,25,26). The van der Waals surface area contributed by atoms with Crippen molar-refractivity contribution in [1.82, 2.24) is 29.9 Å². The third-order valence-corrected chi connectivity index (χ3v) is 3.94. The molecule has 4 aromatic rings. The van der Waals surface area contributed by atoms with E-state index in [2.05, 4.69) is 25.3 Å². The highest BCUT2D eigenvalue weighted by atomic mass is 19.4.